The Morgan fingerprint density at radius 2 is 1.92 bits per heavy atom. The van der Waals surface area contributed by atoms with Crippen LogP contribution >= 0.6 is 0 Å². The number of nitrogens with zero attached hydrogens (tertiary/aromatic N) is 2. The molecule has 1 aromatic heterocycles. The Bertz CT molecular complexity index is 863. The zero-order chi connectivity index (χ0) is 17.1. The zero-order valence-corrected chi connectivity index (χ0v) is 14.6. The van der Waals surface area contributed by atoms with Crippen molar-refractivity contribution in [2.75, 3.05) is 11.4 Å². The molecule has 124 valence electrons. The normalized spacial score (nSPS) is 11.0. The van der Waals surface area contributed by atoms with Crippen LogP contribution in [-0.4, -0.2) is 17.0 Å². The van der Waals surface area contributed by atoms with Crippen molar-refractivity contribution < 1.29 is 4.79 Å². The third kappa shape index (κ3) is 3.21. The van der Waals surface area contributed by atoms with E-state index < -0.39 is 0 Å². The van der Waals surface area contributed by atoms with E-state index in [1.807, 2.05) is 47.7 Å². The second-order valence-corrected chi connectivity index (χ2v) is 6.17. The molecule has 1 heterocycles. The molecule has 3 rings (SSSR count). The van der Waals surface area contributed by atoms with E-state index >= 15 is 0 Å². The average Bonchev–Trinajstić information content (AvgIpc) is 2.97. The van der Waals surface area contributed by atoms with E-state index in [-0.39, 0.29) is 5.91 Å². The molecular weight excluding hydrogens is 296 g/mol. The Morgan fingerprint density at radius 3 is 2.62 bits per heavy atom. The molecule has 0 bridgehead atoms. The lowest BCUT2D eigenvalue weighted by molar-refractivity contribution is -0.119. The molecule has 0 unspecified atom stereocenters. The molecule has 0 spiro atoms. The number of likely N-dealkylation sites (N-methyl/N-ethyl adjacent to an activating group) is 1. The van der Waals surface area contributed by atoms with Crippen LogP contribution < -0.4 is 4.90 Å². The minimum atomic E-state index is 0.111. The van der Waals surface area contributed by atoms with E-state index in [1.54, 1.807) is 0 Å². The molecule has 0 saturated carbocycles. The summed E-state index contributed by atoms with van der Waals surface area (Å²) < 4.78 is 2.04. The topological polar surface area (TPSA) is 25.2 Å². The number of aryl methyl sites for hydroxylation is 2. The van der Waals surface area contributed by atoms with Crippen LogP contribution in [0.15, 0.2) is 54.7 Å². The van der Waals surface area contributed by atoms with Gasteiger partial charge < -0.3 is 9.47 Å². The summed E-state index contributed by atoms with van der Waals surface area (Å²) in [5.74, 6) is 0.111. The fourth-order valence-corrected chi connectivity index (χ4v) is 3.14. The minimum Gasteiger partial charge on any atom is -0.338 e. The van der Waals surface area contributed by atoms with Crippen LogP contribution in [0.1, 0.15) is 25.0 Å². The van der Waals surface area contributed by atoms with Crippen LogP contribution in [0.2, 0.25) is 0 Å². The fraction of sp³-hybridized carbons (Fsp3) is 0.286. The first-order valence-corrected chi connectivity index (χ1v) is 8.57. The van der Waals surface area contributed by atoms with Crippen LogP contribution in [-0.2, 0) is 17.8 Å². The Labute approximate surface area is 143 Å². The highest BCUT2D eigenvalue weighted by molar-refractivity contribution is 5.94. The highest BCUT2D eigenvalue weighted by Crippen LogP contribution is 2.20. The van der Waals surface area contributed by atoms with E-state index in [2.05, 4.69) is 37.3 Å². The summed E-state index contributed by atoms with van der Waals surface area (Å²) in [6, 6.07) is 16.6. The van der Waals surface area contributed by atoms with Crippen molar-refractivity contribution in [2.45, 2.75) is 33.7 Å². The van der Waals surface area contributed by atoms with Gasteiger partial charge in [-0.15, -0.1) is 0 Å². The number of fused-ring (bicyclic) bond motifs is 1. The van der Waals surface area contributed by atoms with Crippen molar-refractivity contribution in [3.8, 4) is 0 Å². The van der Waals surface area contributed by atoms with Crippen LogP contribution in [0.25, 0.3) is 10.9 Å². The van der Waals surface area contributed by atoms with Crippen LogP contribution in [0.4, 0.5) is 5.69 Å². The number of benzene rings is 2. The predicted molar refractivity (Wildman–Crippen MR) is 101 cm³/mol. The van der Waals surface area contributed by atoms with E-state index in [9.17, 15) is 4.79 Å². The van der Waals surface area contributed by atoms with Gasteiger partial charge in [0.2, 0.25) is 5.91 Å². The molecule has 0 saturated heterocycles. The summed E-state index contributed by atoms with van der Waals surface area (Å²) >= 11 is 0. The SMILES string of the molecule is CCc1ccc2c(ccn2CC(=O)N(CC)c2cccc(C)c2)c1. The highest BCUT2D eigenvalue weighted by Gasteiger charge is 2.15. The van der Waals surface area contributed by atoms with Gasteiger partial charge in [-0.3, -0.25) is 4.79 Å². The summed E-state index contributed by atoms with van der Waals surface area (Å²) in [7, 11) is 0. The second-order valence-electron chi connectivity index (χ2n) is 6.17. The van der Waals surface area contributed by atoms with E-state index in [1.165, 1.54) is 10.9 Å². The molecule has 0 N–H and O–H groups in total. The van der Waals surface area contributed by atoms with Gasteiger partial charge in [0.25, 0.3) is 0 Å². The summed E-state index contributed by atoms with van der Waals surface area (Å²) in [4.78, 5) is 14.7. The lowest BCUT2D eigenvalue weighted by atomic mass is 10.1. The van der Waals surface area contributed by atoms with Crippen molar-refractivity contribution in [2.24, 2.45) is 0 Å². The third-order valence-corrected chi connectivity index (χ3v) is 4.48. The van der Waals surface area contributed by atoms with Crippen molar-refractivity contribution in [1.82, 2.24) is 4.57 Å². The van der Waals surface area contributed by atoms with E-state index in [0.717, 1.165) is 23.2 Å². The molecule has 1 amide bonds. The number of hydrogen-bond acceptors (Lipinski definition) is 1. The van der Waals surface area contributed by atoms with Gasteiger partial charge in [0.1, 0.15) is 6.54 Å². The maximum Gasteiger partial charge on any atom is 0.246 e. The summed E-state index contributed by atoms with van der Waals surface area (Å²) in [6.07, 6.45) is 3.03. The van der Waals surface area contributed by atoms with Gasteiger partial charge in [0.15, 0.2) is 0 Å². The largest absolute Gasteiger partial charge is 0.338 e. The van der Waals surface area contributed by atoms with Gasteiger partial charge >= 0.3 is 0 Å². The molecule has 0 fully saturated rings. The number of anilines is 1. The van der Waals surface area contributed by atoms with Crippen molar-refractivity contribution in [3.05, 3.63) is 65.9 Å². The first kappa shape index (κ1) is 16.3. The van der Waals surface area contributed by atoms with Crippen molar-refractivity contribution >= 4 is 22.5 Å². The molecule has 3 heteroatoms. The predicted octanol–water partition coefficient (Wildman–Crippen LogP) is 4.57. The minimum absolute atomic E-state index is 0.111. The number of amides is 1. The Hall–Kier alpha value is -2.55. The average molecular weight is 320 g/mol. The lowest BCUT2D eigenvalue weighted by Gasteiger charge is -2.22. The standard InChI is InChI=1S/C21H24N2O/c1-4-17-9-10-20-18(14-17)11-12-22(20)15-21(24)23(5-2)19-8-6-7-16(3)13-19/h6-14H,4-5,15H2,1-3H3. The number of hydrogen-bond donors (Lipinski definition) is 0. The maximum atomic E-state index is 12.8. The molecule has 0 aliphatic rings. The van der Waals surface area contributed by atoms with Gasteiger partial charge in [-0.05, 0) is 67.1 Å². The fourth-order valence-electron chi connectivity index (χ4n) is 3.14. The third-order valence-electron chi connectivity index (χ3n) is 4.48. The molecular formula is C21H24N2O. The van der Waals surface area contributed by atoms with E-state index in [0.29, 0.717) is 13.1 Å². The molecule has 0 radical (unpaired) electrons. The number of carbonyl (C=O) groups excluding carboxylic acids is 1. The molecule has 0 aliphatic heterocycles. The van der Waals surface area contributed by atoms with E-state index in [4.69, 9.17) is 0 Å². The van der Waals surface area contributed by atoms with Crippen LogP contribution in [0, 0.1) is 6.92 Å². The van der Waals surface area contributed by atoms with Gasteiger partial charge in [-0.25, -0.2) is 0 Å². The first-order valence-electron chi connectivity index (χ1n) is 8.57. The monoisotopic (exact) mass is 320 g/mol. The quantitative estimate of drug-likeness (QED) is 0.676. The van der Waals surface area contributed by atoms with Gasteiger partial charge in [-0.1, -0.05) is 25.1 Å². The van der Waals surface area contributed by atoms with Gasteiger partial charge in [-0.2, -0.15) is 0 Å². The Kier molecular flexibility index (Phi) is 4.70. The Balaban J connectivity index is 1.85. The second kappa shape index (κ2) is 6.91. The Morgan fingerprint density at radius 1 is 1.08 bits per heavy atom. The maximum absolute atomic E-state index is 12.8. The first-order chi connectivity index (χ1) is 11.6. The molecule has 0 aliphatic carbocycles. The van der Waals surface area contributed by atoms with Crippen LogP contribution in [0.3, 0.4) is 0 Å². The van der Waals surface area contributed by atoms with Crippen molar-refractivity contribution in [3.63, 3.8) is 0 Å². The zero-order valence-electron chi connectivity index (χ0n) is 14.6. The number of rotatable bonds is 5. The summed E-state index contributed by atoms with van der Waals surface area (Å²) in [5.41, 5.74) is 4.56. The summed E-state index contributed by atoms with van der Waals surface area (Å²) in [6.45, 7) is 7.25. The van der Waals surface area contributed by atoms with Gasteiger partial charge in [0, 0.05) is 23.9 Å². The van der Waals surface area contributed by atoms with Crippen molar-refractivity contribution in [1.29, 1.82) is 0 Å². The highest BCUT2D eigenvalue weighted by atomic mass is 16.2. The number of aromatic nitrogens is 1. The molecule has 2 aromatic carbocycles. The molecule has 3 nitrogen and oxygen atoms in total. The number of carbonyl (C=O) groups is 1. The molecule has 3 aromatic rings. The smallest absolute Gasteiger partial charge is 0.246 e. The summed E-state index contributed by atoms with van der Waals surface area (Å²) in [5, 5.41) is 1.20. The molecule has 24 heavy (non-hydrogen) atoms. The van der Waals surface area contributed by atoms with Gasteiger partial charge in [0.05, 0.1) is 0 Å². The van der Waals surface area contributed by atoms with Crippen LogP contribution in [0.5, 0.6) is 0 Å². The lowest BCUT2D eigenvalue weighted by Crippen LogP contribution is -2.33. The molecule has 0 atom stereocenters.